The Morgan fingerprint density at radius 1 is 1.09 bits per heavy atom. The third-order valence-corrected chi connectivity index (χ3v) is 5.94. The molecule has 3 aromatic carbocycles. The van der Waals surface area contributed by atoms with E-state index in [0.29, 0.717) is 17.5 Å². The molecule has 0 fully saturated rings. The van der Waals surface area contributed by atoms with Crippen LogP contribution in [0.15, 0.2) is 48.5 Å². The van der Waals surface area contributed by atoms with Crippen LogP contribution in [0.5, 0.6) is 0 Å². The van der Waals surface area contributed by atoms with E-state index in [2.05, 4.69) is 10.3 Å². The van der Waals surface area contributed by atoms with E-state index in [1.807, 2.05) is 56.3 Å². The molecule has 0 bridgehead atoms. The molecule has 4 rings (SSSR count). The average Bonchev–Trinajstić information content (AvgIpc) is 3.12. The summed E-state index contributed by atoms with van der Waals surface area (Å²) in [6.45, 7) is 7.25. The zero-order valence-electron chi connectivity index (χ0n) is 18.7. The fraction of sp³-hybridized carbons (Fsp3) is 0.231. The van der Waals surface area contributed by atoms with Gasteiger partial charge in [0, 0.05) is 28.4 Å². The number of nitrogens with two attached hydrogens (primary N) is 1. The summed E-state index contributed by atoms with van der Waals surface area (Å²) < 4.78 is 0. The second-order valence-electron chi connectivity index (χ2n) is 8.60. The maximum absolute atomic E-state index is 12.2. The number of aromatic amines is 1. The van der Waals surface area contributed by atoms with Crippen LogP contribution in [0.1, 0.15) is 48.7 Å². The van der Waals surface area contributed by atoms with Gasteiger partial charge in [0.25, 0.3) is 5.91 Å². The van der Waals surface area contributed by atoms with E-state index >= 15 is 0 Å². The molecule has 4 aromatic rings. The van der Waals surface area contributed by atoms with E-state index in [1.165, 1.54) is 0 Å². The van der Waals surface area contributed by atoms with Gasteiger partial charge in [-0.05, 0) is 61.2 Å². The molecule has 0 saturated carbocycles. The number of fused-ring (bicyclic) bond motifs is 3. The molecule has 2 amide bonds. The summed E-state index contributed by atoms with van der Waals surface area (Å²) in [5.74, 6) is -0.567. The number of carbonyl (C=O) groups is 2. The van der Waals surface area contributed by atoms with Gasteiger partial charge < -0.3 is 21.1 Å². The SMILES string of the molecule is CCC(=O)Nc1cccc(-c2ccc(C(N)=O)c3[nH]c4cc(C(C)(C)O)ccc4c23)c1C. The second kappa shape index (κ2) is 7.80. The number of H-pyrrole nitrogens is 1. The first-order valence-corrected chi connectivity index (χ1v) is 10.6. The van der Waals surface area contributed by atoms with Crippen molar-refractivity contribution in [2.45, 2.75) is 39.7 Å². The van der Waals surface area contributed by atoms with Gasteiger partial charge in [0.2, 0.25) is 5.91 Å². The Hall–Kier alpha value is -3.64. The van der Waals surface area contributed by atoms with Gasteiger partial charge in [-0.1, -0.05) is 37.3 Å². The highest BCUT2D eigenvalue weighted by Gasteiger charge is 2.21. The minimum Gasteiger partial charge on any atom is -0.386 e. The maximum atomic E-state index is 12.2. The summed E-state index contributed by atoms with van der Waals surface area (Å²) in [4.78, 5) is 27.5. The number of rotatable bonds is 5. The molecule has 5 N–H and O–H groups in total. The lowest BCUT2D eigenvalue weighted by Gasteiger charge is -2.17. The van der Waals surface area contributed by atoms with E-state index in [1.54, 1.807) is 19.9 Å². The third kappa shape index (κ3) is 3.63. The van der Waals surface area contributed by atoms with Crippen LogP contribution in [0, 0.1) is 6.92 Å². The fourth-order valence-corrected chi connectivity index (χ4v) is 4.12. The summed E-state index contributed by atoms with van der Waals surface area (Å²) >= 11 is 0. The van der Waals surface area contributed by atoms with Crippen LogP contribution in [0.25, 0.3) is 32.9 Å². The lowest BCUT2D eigenvalue weighted by Crippen LogP contribution is -2.14. The molecule has 164 valence electrons. The van der Waals surface area contributed by atoms with Gasteiger partial charge in [0.1, 0.15) is 0 Å². The maximum Gasteiger partial charge on any atom is 0.250 e. The molecule has 6 nitrogen and oxygen atoms in total. The highest BCUT2D eigenvalue weighted by Crippen LogP contribution is 2.39. The first-order valence-electron chi connectivity index (χ1n) is 10.6. The molecule has 32 heavy (non-hydrogen) atoms. The van der Waals surface area contributed by atoms with Crippen LogP contribution in [-0.4, -0.2) is 21.9 Å². The van der Waals surface area contributed by atoms with Crippen molar-refractivity contribution in [2.75, 3.05) is 5.32 Å². The lowest BCUT2D eigenvalue weighted by molar-refractivity contribution is -0.115. The molecular weight excluding hydrogens is 402 g/mol. The summed E-state index contributed by atoms with van der Waals surface area (Å²) in [6, 6.07) is 15.1. The molecule has 0 unspecified atom stereocenters. The van der Waals surface area contributed by atoms with Gasteiger partial charge in [0.15, 0.2) is 0 Å². The second-order valence-corrected chi connectivity index (χ2v) is 8.60. The van der Waals surface area contributed by atoms with Crippen LogP contribution in [-0.2, 0) is 10.4 Å². The number of primary amides is 1. The Labute approximate surface area is 186 Å². The molecule has 0 spiro atoms. The van der Waals surface area contributed by atoms with Crippen molar-refractivity contribution in [1.29, 1.82) is 0 Å². The number of amides is 2. The van der Waals surface area contributed by atoms with Crippen LogP contribution in [0.2, 0.25) is 0 Å². The standard InChI is InChI=1S/C26H27N3O3/c1-5-22(30)28-20-8-6-7-16(14(20)2)17-11-12-19(25(27)31)24-23(17)18-10-9-15(26(3,4)32)13-21(18)29-24/h6-13,29,32H,5H2,1-4H3,(H2,27,31)(H,28,30). The third-order valence-electron chi connectivity index (χ3n) is 5.94. The lowest BCUT2D eigenvalue weighted by atomic mass is 9.92. The quantitative estimate of drug-likeness (QED) is 0.360. The number of benzene rings is 3. The van der Waals surface area contributed by atoms with Crippen LogP contribution >= 0.6 is 0 Å². The van der Waals surface area contributed by atoms with E-state index in [4.69, 9.17) is 5.73 Å². The van der Waals surface area contributed by atoms with Crippen LogP contribution in [0.3, 0.4) is 0 Å². The fourth-order valence-electron chi connectivity index (χ4n) is 4.12. The van der Waals surface area contributed by atoms with E-state index in [0.717, 1.165) is 44.2 Å². The number of nitrogens with one attached hydrogen (secondary N) is 2. The molecule has 6 heteroatoms. The van der Waals surface area contributed by atoms with Crippen molar-refractivity contribution in [2.24, 2.45) is 5.73 Å². The monoisotopic (exact) mass is 429 g/mol. The summed E-state index contributed by atoms with van der Waals surface area (Å²) in [5.41, 5.74) is 10.9. The van der Waals surface area contributed by atoms with Crippen molar-refractivity contribution >= 4 is 39.3 Å². The number of aromatic nitrogens is 1. The smallest absolute Gasteiger partial charge is 0.250 e. The summed E-state index contributed by atoms with van der Waals surface area (Å²) in [7, 11) is 0. The van der Waals surface area contributed by atoms with Gasteiger partial charge in [-0.3, -0.25) is 9.59 Å². The van der Waals surface area contributed by atoms with E-state index in [-0.39, 0.29) is 5.91 Å². The first kappa shape index (κ1) is 21.6. The zero-order valence-corrected chi connectivity index (χ0v) is 18.7. The Kier molecular flexibility index (Phi) is 5.26. The van der Waals surface area contributed by atoms with Gasteiger partial charge in [-0.15, -0.1) is 0 Å². The average molecular weight is 430 g/mol. The van der Waals surface area contributed by atoms with E-state index in [9.17, 15) is 14.7 Å². The minimum absolute atomic E-state index is 0.0503. The van der Waals surface area contributed by atoms with Crippen molar-refractivity contribution in [1.82, 2.24) is 4.98 Å². The summed E-state index contributed by atoms with van der Waals surface area (Å²) in [5, 5.41) is 15.2. The highest BCUT2D eigenvalue weighted by atomic mass is 16.3. The molecule has 0 aliphatic carbocycles. The molecule has 1 heterocycles. The predicted molar refractivity (Wildman–Crippen MR) is 129 cm³/mol. The van der Waals surface area contributed by atoms with E-state index < -0.39 is 11.5 Å². The predicted octanol–water partition coefficient (Wildman–Crippen LogP) is 4.97. The molecule has 0 aliphatic heterocycles. The number of anilines is 1. The number of aliphatic hydroxyl groups is 1. The molecule has 0 atom stereocenters. The Balaban J connectivity index is 2.03. The summed E-state index contributed by atoms with van der Waals surface area (Å²) in [6.07, 6.45) is 0.396. The van der Waals surface area contributed by atoms with Gasteiger partial charge in [0.05, 0.1) is 16.7 Å². The number of hydrogen-bond donors (Lipinski definition) is 4. The van der Waals surface area contributed by atoms with Crippen LogP contribution < -0.4 is 11.1 Å². The van der Waals surface area contributed by atoms with Gasteiger partial charge in [-0.25, -0.2) is 0 Å². The number of hydrogen-bond acceptors (Lipinski definition) is 3. The van der Waals surface area contributed by atoms with Crippen molar-refractivity contribution in [3.63, 3.8) is 0 Å². The van der Waals surface area contributed by atoms with Crippen LogP contribution in [0.4, 0.5) is 5.69 Å². The van der Waals surface area contributed by atoms with Gasteiger partial charge >= 0.3 is 0 Å². The largest absolute Gasteiger partial charge is 0.386 e. The Morgan fingerprint density at radius 2 is 1.84 bits per heavy atom. The zero-order chi connectivity index (χ0) is 23.2. The first-order chi connectivity index (χ1) is 15.1. The van der Waals surface area contributed by atoms with Crippen molar-refractivity contribution < 1.29 is 14.7 Å². The van der Waals surface area contributed by atoms with Crippen molar-refractivity contribution in [3.05, 3.63) is 65.2 Å². The Bertz CT molecular complexity index is 1380. The molecule has 0 saturated heterocycles. The minimum atomic E-state index is -0.997. The molecular formula is C26H27N3O3. The van der Waals surface area contributed by atoms with Gasteiger partial charge in [-0.2, -0.15) is 0 Å². The topological polar surface area (TPSA) is 108 Å². The molecule has 0 radical (unpaired) electrons. The Morgan fingerprint density at radius 3 is 2.50 bits per heavy atom. The van der Waals surface area contributed by atoms with Crippen molar-refractivity contribution in [3.8, 4) is 11.1 Å². The molecule has 1 aromatic heterocycles. The molecule has 0 aliphatic rings. The normalized spacial score (nSPS) is 11.8. The highest BCUT2D eigenvalue weighted by molar-refractivity contribution is 6.20. The number of carbonyl (C=O) groups excluding carboxylic acids is 2.